The summed E-state index contributed by atoms with van der Waals surface area (Å²) >= 11 is 1.07. The second-order valence-corrected chi connectivity index (χ2v) is 8.60. The summed E-state index contributed by atoms with van der Waals surface area (Å²) in [7, 11) is -2.01. The molecule has 0 aliphatic rings. The van der Waals surface area contributed by atoms with E-state index in [0.29, 0.717) is 17.8 Å². The van der Waals surface area contributed by atoms with Gasteiger partial charge in [-0.25, -0.2) is 13.1 Å². The molecule has 0 aliphatic heterocycles. The normalized spacial score (nSPS) is 11.2. The van der Waals surface area contributed by atoms with Crippen molar-refractivity contribution in [3.8, 4) is 0 Å². The van der Waals surface area contributed by atoms with E-state index < -0.39 is 22.5 Å². The molecule has 140 valence electrons. The van der Waals surface area contributed by atoms with E-state index in [1.54, 1.807) is 48.5 Å². The van der Waals surface area contributed by atoms with Gasteiger partial charge in [0.05, 0.1) is 6.54 Å². The summed E-state index contributed by atoms with van der Waals surface area (Å²) in [6.45, 7) is 3.84. The first-order valence-electron chi connectivity index (χ1n) is 7.93. The number of carbonyl (C=O) groups excluding carboxylic acids is 2. The third-order valence-electron chi connectivity index (χ3n) is 3.76. The van der Waals surface area contributed by atoms with Crippen molar-refractivity contribution >= 4 is 38.9 Å². The van der Waals surface area contributed by atoms with Crippen molar-refractivity contribution in [2.45, 2.75) is 18.1 Å². The summed E-state index contributed by atoms with van der Waals surface area (Å²) < 4.78 is 26.5. The minimum Gasteiger partial charge on any atom is -0.342 e. The fourth-order valence-electron chi connectivity index (χ4n) is 2.10. The van der Waals surface area contributed by atoms with E-state index in [1.807, 2.05) is 6.92 Å². The molecule has 0 unspecified atom stereocenters. The number of nitrogens with zero attached hydrogens (tertiary/aromatic N) is 1. The highest BCUT2D eigenvalue weighted by atomic mass is 32.2. The molecule has 1 aromatic carbocycles. The van der Waals surface area contributed by atoms with Crippen LogP contribution in [-0.4, -0.2) is 45.3 Å². The highest BCUT2D eigenvalue weighted by Gasteiger charge is 2.17. The zero-order valence-electron chi connectivity index (χ0n) is 14.8. The standard InChI is InChI=1S/C17H21N3O4S2/c1-4-20(3)17(22)13-8-7-12(2)14(10-13)19-15(21)11-18-26(23,24)16-6-5-9-25-16/h5-10,18H,4,11H2,1-3H3,(H,19,21). The van der Waals surface area contributed by atoms with Gasteiger partial charge in [-0.05, 0) is 43.0 Å². The molecule has 7 nitrogen and oxygen atoms in total. The number of anilines is 1. The zero-order chi connectivity index (χ0) is 19.3. The maximum Gasteiger partial charge on any atom is 0.253 e. The van der Waals surface area contributed by atoms with Crippen LogP contribution >= 0.6 is 11.3 Å². The molecule has 2 rings (SSSR count). The third kappa shape index (κ3) is 4.90. The monoisotopic (exact) mass is 395 g/mol. The summed E-state index contributed by atoms with van der Waals surface area (Å²) in [6.07, 6.45) is 0. The minimum absolute atomic E-state index is 0.150. The van der Waals surface area contributed by atoms with Gasteiger partial charge in [0.25, 0.3) is 15.9 Å². The summed E-state index contributed by atoms with van der Waals surface area (Å²) in [5, 5.41) is 4.29. The summed E-state index contributed by atoms with van der Waals surface area (Å²) in [5.41, 5.74) is 1.70. The lowest BCUT2D eigenvalue weighted by atomic mass is 10.1. The molecule has 0 bridgehead atoms. The fourth-order valence-corrected chi connectivity index (χ4v) is 4.12. The van der Waals surface area contributed by atoms with Crippen molar-refractivity contribution in [3.05, 3.63) is 46.8 Å². The first-order chi connectivity index (χ1) is 12.2. The smallest absolute Gasteiger partial charge is 0.253 e. The number of carbonyl (C=O) groups is 2. The van der Waals surface area contributed by atoms with Crippen molar-refractivity contribution < 1.29 is 18.0 Å². The molecule has 0 aliphatic carbocycles. The van der Waals surface area contributed by atoms with Crippen LogP contribution in [0.5, 0.6) is 0 Å². The van der Waals surface area contributed by atoms with Crippen LogP contribution in [0.4, 0.5) is 5.69 Å². The second kappa shape index (κ2) is 8.43. The molecular formula is C17H21N3O4S2. The molecule has 9 heteroatoms. The van der Waals surface area contributed by atoms with Crippen LogP contribution in [0.3, 0.4) is 0 Å². The molecule has 0 radical (unpaired) electrons. The molecule has 0 spiro atoms. The Bertz CT molecular complexity index is 893. The second-order valence-electron chi connectivity index (χ2n) is 5.65. The van der Waals surface area contributed by atoms with Gasteiger partial charge in [-0.3, -0.25) is 9.59 Å². The van der Waals surface area contributed by atoms with Gasteiger partial charge in [0.15, 0.2) is 0 Å². The van der Waals surface area contributed by atoms with Crippen LogP contribution in [-0.2, 0) is 14.8 Å². The molecule has 0 saturated heterocycles. The van der Waals surface area contributed by atoms with Crippen molar-refractivity contribution in [1.82, 2.24) is 9.62 Å². The lowest BCUT2D eigenvalue weighted by molar-refractivity contribution is -0.115. The summed E-state index contributed by atoms with van der Waals surface area (Å²) in [6, 6.07) is 8.11. The van der Waals surface area contributed by atoms with Crippen LogP contribution in [0.2, 0.25) is 0 Å². The topological polar surface area (TPSA) is 95.6 Å². The van der Waals surface area contributed by atoms with Crippen molar-refractivity contribution in [2.24, 2.45) is 0 Å². The van der Waals surface area contributed by atoms with E-state index in [9.17, 15) is 18.0 Å². The van der Waals surface area contributed by atoms with Crippen molar-refractivity contribution in [2.75, 3.05) is 25.5 Å². The Morgan fingerprint density at radius 1 is 1.23 bits per heavy atom. The molecule has 2 amide bonds. The Morgan fingerprint density at radius 3 is 2.58 bits per heavy atom. The van der Waals surface area contributed by atoms with Crippen LogP contribution < -0.4 is 10.0 Å². The van der Waals surface area contributed by atoms with Gasteiger partial charge < -0.3 is 10.2 Å². The number of rotatable bonds is 7. The van der Waals surface area contributed by atoms with Crippen molar-refractivity contribution in [1.29, 1.82) is 0 Å². The molecular weight excluding hydrogens is 374 g/mol. The average Bonchev–Trinajstić information content (AvgIpc) is 3.16. The molecule has 2 N–H and O–H groups in total. The molecule has 2 aromatic rings. The van der Waals surface area contributed by atoms with Gasteiger partial charge in [0.2, 0.25) is 5.91 Å². The van der Waals surface area contributed by atoms with E-state index in [0.717, 1.165) is 16.9 Å². The molecule has 1 heterocycles. The highest BCUT2D eigenvalue weighted by molar-refractivity contribution is 7.91. The zero-order valence-corrected chi connectivity index (χ0v) is 16.4. The summed E-state index contributed by atoms with van der Waals surface area (Å²) in [5.74, 6) is -0.664. The molecule has 26 heavy (non-hydrogen) atoms. The maximum atomic E-state index is 12.2. The lowest BCUT2D eigenvalue weighted by Crippen LogP contribution is -2.32. The first-order valence-corrected chi connectivity index (χ1v) is 10.3. The van der Waals surface area contributed by atoms with Gasteiger partial charge in [-0.1, -0.05) is 12.1 Å². The lowest BCUT2D eigenvalue weighted by Gasteiger charge is -2.16. The largest absolute Gasteiger partial charge is 0.342 e. The number of aryl methyl sites for hydroxylation is 1. The van der Waals surface area contributed by atoms with Crippen molar-refractivity contribution in [3.63, 3.8) is 0 Å². The Hall–Kier alpha value is -2.23. The van der Waals surface area contributed by atoms with Crippen LogP contribution in [0, 0.1) is 6.92 Å². The Balaban J connectivity index is 2.06. The number of thiophene rings is 1. The quantitative estimate of drug-likeness (QED) is 0.750. The van der Waals surface area contributed by atoms with E-state index in [2.05, 4.69) is 10.0 Å². The van der Waals surface area contributed by atoms with E-state index in [-0.39, 0.29) is 10.1 Å². The number of nitrogens with one attached hydrogen (secondary N) is 2. The van der Waals surface area contributed by atoms with E-state index in [1.165, 1.54) is 6.07 Å². The van der Waals surface area contributed by atoms with Crippen LogP contribution in [0.1, 0.15) is 22.8 Å². The van der Waals surface area contributed by atoms with Crippen LogP contribution in [0.25, 0.3) is 0 Å². The Labute approximate surface area is 157 Å². The maximum absolute atomic E-state index is 12.2. The highest BCUT2D eigenvalue weighted by Crippen LogP contribution is 2.18. The van der Waals surface area contributed by atoms with E-state index in [4.69, 9.17) is 0 Å². The van der Waals surface area contributed by atoms with Gasteiger partial charge in [0, 0.05) is 24.8 Å². The SMILES string of the molecule is CCN(C)C(=O)c1ccc(C)c(NC(=O)CNS(=O)(=O)c2cccs2)c1. The number of amides is 2. The average molecular weight is 396 g/mol. The molecule has 0 fully saturated rings. The van der Waals surface area contributed by atoms with Gasteiger partial charge in [0.1, 0.15) is 4.21 Å². The Kier molecular flexibility index (Phi) is 6.52. The predicted octanol–water partition coefficient (Wildman–Crippen LogP) is 2.07. The predicted molar refractivity (Wildman–Crippen MR) is 102 cm³/mol. The number of hydrogen-bond acceptors (Lipinski definition) is 5. The Morgan fingerprint density at radius 2 is 1.96 bits per heavy atom. The molecule has 0 saturated carbocycles. The third-order valence-corrected chi connectivity index (χ3v) is 6.56. The first kappa shape index (κ1) is 20.1. The molecule has 1 aromatic heterocycles. The van der Waals surface area contributed by atoms with Crippen LogP contribution in [0.15, 0.2) is 39.9 Å². The number of hydrogen-bond donors (Lipinski definition) is 2. The number of benzene rings is 1. The van der Waals surface area contributed by atoms with E-state index >= 15 is 0 Å². The molecule has 0 atom stereocenters. The minimum atomic E-state index is -3.70. The fraction of sp³-hybridized carbons (Fsp3) is 0.294. The van der Waals surface area contributed by atoms with Gasteiger partial charge in [-0.2, -0.15) is 0 Å². The summed E-state index contributed by atoms with van der Waals surface area (Å²) in [4.78, 5) is 25.9. The van der Waals surface area contributed by atoms with Gasteiger partial charge >= 0.3 is 0 Å². The number of sulfonamides is 1. The van der Waals surface area contributed by atoms with Gasteiger partial charge in [-0.15, -0.1) is 11.3 Å².